The van der Waals surface area contributed by atoms with E-state index in [9.17, 15) is 9.59 Å². The maximum Gasteiger partial charge on any atom is 0.341 e. The SMILES string of the molecule is CCOC(=O)c1c(NC(=S)NC)sc(C(C)=O)c1C. The van der Waals surface area contributed by atoms with Gasteiger partial charge in [0.05, 0.1) is 17.0 Å². The second kappa shape index (κ2) is 6.63. The zero-order valence-corrected chi connectivity index (χ0v) is 12.9. The van der Waals surface area contributed by atoms with Crippen molar-refractivity contribution in [2.24, 2.45) is 0 Å². The summed E-state index contributed by atoms with van der Waals surface area (Å²) < 4.78 is 5.01. The molecule has 2 N–H and O–H groups in total. The van der Waals surface area contributed by atoms with Gasteiger partial charge in [-0.3, -0.25) is 4.79 Å². The van der Waals surface area contributed by atoms with E-state index in [1.54, 1.807) is 20.9 Å². The van der Waals surface area contributed by atoms with Crippen LogP contribution in [0.3, 0.4) is 0 Å². The van der Waals surface area contributed by atoms with E-state index < -0.39 is 5.97 Å². The zero-order valence-electron chi connectivity index (χ0n) is 11.2. The molecule has 0 atom stereocenters. The molecule has 1 aromatic heterocycles. The van der Waals surface area contributed by atoms with Crippen LogP contribution in [0.25, 0.3) is 0 Å². The number of rotatable bonds is 4. The van der Waals surface area contributed by atoms with Gasteiger partial charge in [-0.25, -0.2) is 4.79 Å². The summed E-state index contributed by atoms with van der Waals surface area (Å²) in [4.78, 5) is 24.0. The summed E-state index contributed by atoms with van der Waals surface area (Å²) >= 11 is 6.22. The molecule has 0 aliphatic heterocycles. The molecule has 0 amide bonds. The van der Waals surface area contributed by atoms with Crippen LogP contribution >= 0.6 is 23.6 Å². The third-order valence-electron chi connectivity index (χ3n) is 2.40. The smallest absolute Gasteiger partial charge is 0.341 e. The standard InChI is InChI=1S/C12H16N2O3S2/c1-5-17-11(16)8-6(2)9(7(3)15)19-10(8)14-12(18)13-4/h5H2,1-4H3,(H2,13,14,18). The van der Waals surface area contributed by atoms with E-state index in [0.717, 1.165) is 0 Å². The van der Waals surface area contributed by atoms with Gasteiger partial charge < -0.3 is 15.4 Å². The first kappa shape index (κ1) is 15.6. The summed E-state index contributed by atoms with van der Waals surface area (Å²) in [5, 5.41) is 6.57. The number of carbonyl (C=O) groups is 2. The minimum absolute atomic E-state index is 0.0866. The van der Waals surface area contributed by atoms with Gasteiger partial charge in [0.15, 0.2) is 10.9 Å². The fourth-order valence-electron chi connectivity index (χ4n) is 1.55. The van der Waals surface area contributed by atoms with Crippen molar-refractivity contribution in [2.75, 3.05) is 19.0 Å². The van der Waals surface area contributed by atoms with Crippen LogP contribution in [0.15, 0.2) is 0 Å². The Morgan fingerprint density at radius 2 is 2.05 bits per heavy atom. The Labute approximate surface area is 121 Å². The summed E-state index contributed by atoms with van der Waals surface area (Å²) in [6.45, 7) is 5.21. The van der Waals surface area contributed by atoms with E-state index >= 15 is 0 Å². The van der Waals surface area contributed by atoms with E-state index in [4.69, 9.17) is 17.0 Å². The molecule has 0 bridgehead atoms. The second-order valence-electron chi connectivity index (χ2n) is 3.74. The molecule has 0 aliphatic carbocycles. The predicted molar refractivity (Wildman–Crippen MR) is 80.3 cm³/mol. The Morgan fingerprint density at radius 3 is 2.53 bits per heavy atom. The predicted octanol–water partition coefficient (Wildman–Crippen LogP) is 2.35. The molecule has 0 saturated heterocycles. The van der Waals surface area contributed by atoms with Crippen LogP contribution in [0.1, 0.15) is 39.4 Å². The van der Waals surface area contributed by atoms with Crippen LogP contribution in [0.2, 0.25) is 0 Å². The first-order valence-corrected chi connectivity index (χ1v) is 6.95. The number of anilines is 1. The summed E-state index contributed by atoms with van der Waals surface area (Å²) in [6, 6.07) is 0. The average Bonchev–Trinajstić information content (AvgIpc) is 2.66. The maximum atomic E-state index is 12.0. The number of ketones is 1. The molecule has 0 fully saturated rings. The fourth-order valence-corrected chi connectivity index (χ4v) is 2.81. The van der Waals surface area contributed by atoms with Gasteiger partial charge in [0.1, 0.15) is 5.00 Å². The van der Waals surface area contributed by atoms with Gasteiger partial charge in [-0.05, 0) is 38.6 Å². The molecule has 1 heterocycles. The van der Waals surface area contributed by atoms with Crippen molar-refractivity contribution >= 4 is 45.4 Å². The van der Waals surface area contributed by atoms with Crippen molar-refractivity contribution in [3.05, 3.63) is 16.0 Å². The number of thiocarbonyl (C=S) groups is 1. The molecule has 7 heteroatoms. The van der Waals surface area contributed by atoms with E-state index in [1.165, 1.54) is 18.3 Å². The number of thiophene rings is 1. The normalized spacial score (nSPS) is 9.89. The lowest BCUT2D eigenvalue weighted by Crippen LogP contribution is -2.24. The van der Waals surface area contributed by atoms with Crippen LogP contribution in [0, 0.1) is 6.92 Å². The third-order valence-corrected chi connectivity index (χ3v) is 4.01. The van der Waals surface area contributed by atoms with Crippen molar-refractivity contribution in [3.8, 4) is 0 Å². The Balaban J connectivity index is 3.26. The molecule has 0 radical (unpaired) electrons. The summed E-state index contributed by atoms with van der Waals surface area (Å²) in [6.07, 6.45) is 0. The van der Waals surface area contributed by atoms with Gasteiger partial charge in [-0.15, -0.1) is 11.3 Å². The second-order valence-corrected chi connectivity index (χ2v) is 5.17. The highest BCUT2D eigenvalue weighted by atomic mass is 32.1. The minimum atomic E-state index is -0.454. The number of Topliss-reactive ketones (excluding diaryl/α,β-unsaturated/α-hetero) is 1. The molecule has 0 aliphatic rings. The van der Waals surface area contributed by atoms with Crippen molar-refractivity contribution in [1.29, 1.82) is 0 Å². The van der Waals surface area contributed by atoms with E-state index in [0.29, 0.717) is 26.1 Å². The third kappa shape index (κ3) is 3.51. The number of hydrogen-bond donors (Lipinski definition) is 2. The highest BCUT2D eigenvalue weighted by Crippen LogP contribution is 2.33. The Hall–Kier alpha value is -1.47. The molecule has 19 heavy (non-hydrogen) atoms. The molecule has 0 aromatic carbocycles. The Kier molecular flexibility index (Phi) is 5.44. The Morgan fingerprint density at radius 1 is 1.42 bits per heavy atom. The molecule has 1 rings (SSSR count). The van der Waals surface area contributed by atoms with Gasteiger partial charge >= 0.3 is 5.97 Å². The molecule has 5 nitrogen and oxygen atoms in total. The first-order valence-electron chi connectivity index (χ1n) is 5.72. The van der Waals surface area contributed by atoms with Crippen LogP contribution in [-0.4, -0.2) is 30.5 Å². The zero-order chi connectivity index (χ0) is 14.6. The number of carbonyl (C=O) groups excluding carboxylic acids is 2. The van der Waals surface area contributed by atoms with Crippen molar-refractivity contribution in [1.82, 2.24) is 5.32 Å². The van der Waals surface area contributed by atoms with Crippen LogP contribution < -0.4 is 10.6 Å². The van der Waals surface area contributed by atoms with Crippen LogP contribution in [-0.2, 0) is 4.74 Å². The number of hydrogen-bond acceptors (Lipinski definition) is 5. The molecule has 0 spiro atoms. The van der Waals surface area contributed by atoms with Crippen molar-refractivity contribution < 1.29 is 14.3 Å². The van der Waals surface area contributed by atoms with Gasteiger partial charge in [0, 0.05) is 7.05 Å². The van der Waals surface area contributed by atoms with Crippen LogP contribution in [0.5, 0.6) is 0 Å². The highest BCUT2D eigenvalue weighted by Gasteiger charge is 2.24. The fraction of sp³-hybridized carbons (Fsp3) is 0.417. The summed E-state index contributed by atoms with van der Waals surface area (Å²) in [7, 11) is 1.67. The van der Waals surface area contributed by atoms with Gasteiger partial charge in [0.2, 0.25) is 0 Å². The molecule has 0 unspecified atom stereocenters. The summed E-state index contributed by atoms with van der Waals surface area (Å²) in [5.41, 5.74) is 0.993. The number of ether oxygens (including phenoxy) is 1. The lowest BCUT2D eigenvalue weighted by Gasteiger charge is -2.08. The van der Waals surface area contributed by atoms with Gasteiger partial charge in [-0.1, -0.05) is 0 Å². The van der Waals surface area contributed by atoms with E-state index in [2.05, 4.69) is 10.6 Å². The molecule has 104 valence electrons. The first-order chi connectivity index (χ1) is 8.92. The maximum absolute atomic E-state index is 12.0. The largest absolute Gasteiger partial charge is 0.462 e. The molecular weight excluding hydrogens is 284 g/mol. The van der Waals surface area contributed by atoms with Crippen molar-refractivity contribution in [2.45, 2.75) is 20.8 Å². The Bertz CT molecular complexity index is 523. The monoisotopic (exact) mass is 300 g/mol. The van der Waals surface area contributed by atoms with Crippen LogP contribution in [0.4, 0.5) is 5.00 Å². The quantitative estimate of drug-likeness (QED) is 0.505. The van der Waals surface area contributed by atoms with Crippen molar-refractivity contribution in [3.63, 3.8) is 0 Å². The number of nitrogens with one attached hydrogen (secondary N) is 2. The van der Waals surface area contributed by atoms with Gasteiger partial charge in [-0.2, -0.15) is 0 Å². The lowest BCUT2D eigenvalue weighted by atomic mass is 10.1. The van der Waals surface area contributed by atoms with E-state index in [-0.39, 0.29) is 12.4 Å². The molecular formula is C12H16N2O3S2. The number of esters is 1. The molecule has 0 saturated carbocycles. The van der Waals surface area contributed by atoms with E-state index in [1.807, 2.05) is 0 Å². The summed E-state index contributed by atoms with van der Waals surface area (Å²) in [5.74, 6) is -0.540. The lowest BCUT2D eigenvalue weighted by molar-refractivity contribution is 0.0527. The minimum Gasteiger partial charge on any atom is -0.462 e. The molecule has 1 aromatic rings. The van der Waals surface area contributed by atoms with Gasteiger partial charge in [0.25, 0.3) is 0 Å². The topological polar surface area (TPSA) is 67.4 Å². The highest BCUT2D eigenvalue weighted by molar-refractivity contribution is 7.80. The average molecular weight is 300 g/mol.